The van der Waals surface area contributed by atoms with Crippen LogP contribution in [0.2, 0.25) is 0 Å². The van der Waals surface area contributed by atoms with Crippen molar-refractivity contribution in [1.82, 2.24) is 5.32 Å². The lowest BCUT2D eigenvalue weighted by Gasteiger charge is -2.15. The molecule has 2 rings (SSSR count). The van der Waals surface area contributed by atoms with E-state index in [4.69, 9.17) is 5.73 Å². The van der Waals surface area contributed by atoms with Crippen LogP contribution in [0.1, 0.15) is 28.9 Å². The van der Waals surface area contributed by atoms with Gasteiger partial charge in [-0.05, 0) is 48.9 Å². The topological polar surface area (TPSA) is 93.5 Å². The van der Waals surface area contributed by atoms with Crippen molar-refractivity contribution in [1.29, 1.82) is 0 Å². The third-order valence-electron chi connectivity index (χ3n) is 3.38. The Morgan fingerprint density at radius 2 is 1.62 bits per heavy atom. The first-order valence-corrected chi connectivity index (χ1v) is 7.47. The van der Waals surface area contributed by atoms with E-state index in [-0.39, 0.29) is 11.7 Å². The SMILES string of the molecule is C[C@H](NC(=O)c1ccc(NC(N)=O)cc1)c1ccc(OC(F)(F)F)cc1. The third-order valence-corrected chi connectivity index (χ3v) is 3.38. The second-order valence-corrected chi connectivity index (χ2v) is 5.38. The van der Waals surface area contributed by atoms with E-state index in [0.29, 0.717) is 16.8 Å². The van der Waals surface area contributed by atoms with Gasteiger partial charge in [-0.2, -0.15) is 0 Å². The molecule has 0 radical (unpaired) electrons. The number of amides is 3. The van der Waals surface area contributed by atoms with Crippen LogP contribution in [0.15, 0.2) is 48.5 Å². The molecule has 6 nitrogen and oxygen atoms in total. The number of anilines is 1. The molecule has 0 bridgehead atoms. The zero-order chi connectivity index (χ0) is 19.3. The molecular weight excluding hydrogens is 351 g/mol. The lowest BCUT2D eigenvalue weighted by atomic mass is 10.1. The van der Waals surface area contributed by atoms with Crippen molar-refractivity contribution in [3.8, 4) is 5.75 Å². The number of hydrogen-bond acceptors (Lipinski definition) is 3. The number of hydrogen-bond donors (Lipinski definition) is 3. The Hall–Kier alpha value is -3.23. The molecule has 0 saturated carbocycles. The summed E-state index contributed by atoms with van der Waals surface area (Å²) in [4.78, 5) is 23.0. The molecule has 0 aliphatic heterocycles. The predicted octanol–water partition coefficient (Wildman–Crippen LogP) is 3.57. The fraction of sp³-hybridized carbons (Fsp3) is 0.176. The minimum atomic E-state index is -4.75. The number of carbonyl (C=O) groups is 2. The number of halogens is 3. The van der Waals surface area contributed by atoms with Crippen LogP contribution in [-0.4, -0.2) is 18.3 Å². The highest BCUT2D eigenvalue weighted by molar-refractivity contribution is 5.95. The van der Waals surface area contributed by atoms with Crippen molar-refractivity contribution in [3.05, 3.63) is 59.7 Å². The second kappa shape index (κ2) is 7.77. The van der Waals surface area contributed by atoms with Crippen LogP contribution in [0, 0.1) is 0 Å². The highest BCUT2D eigenvalue weighted by atomic mass is 19.4. The van der Waals surface area contributed by atoms with Gasteiger partial charge in [0.15, 0.2) is 0 Å². The average molecular weight is 367 g/mol. The molecule has 1 atom stereocenters. The van der Waals surface area contributed by atoms with Crippen molar-refractivity contribution >= 4 is 17.6 Å². The molecule has 0 heterocycles. The Bertz CT molecular complexity index is 775. The summed E-state index contributed by atoms with van der Waals surface area (Å²) in [5.74, 6) is -0.712. The fourth-order valence-electron chi connectivity index (χ4n) is 2.17. The molecule has 0 aromatic heterocycles. The van der Waals surface area contributed by atoms with Crippen molar-refractivity contribution in [2.24, 2.45) is 5.73 Å². The van der Waals surface area contributed by atoms with Crippen molar-refractivity contribution in [2.75, 3.05) is 5.32 Å². The van der Waals surface area contributed by atoms with E-state index in [1.807, 2.05) is 0 Å². The summed E-state index contributed by atoms with van der Waals surface area (Å²) in [7, 11) is 0. The predicted molar refractivity (Wildman–Crippen MR) is 88.7 cm³/mol. The van der Waals surface area contributed by atoms with Gasteiger partial charge in [-0.1, -0.05) is 12.1 Å². The van der Waals surface area contributed by atoms with E-state index in [1.54, 1.807) is 6.92 Å². The number of nitrogens with one attached hydrogen (secondary N) is 2. The van der Waals surface area contributed by atoms with E-state index >= 15 is 0 Å². The molecular formula is C17H16F3N3O3. The maximum atomic E-state index is 12.2. The number of benzene rings is 2. The molecule has 0 unspecified atom stereocenters. The van der Waals surface area contributed by atoms with Crippen molar-refractivity contribution < 1.29 is 27.5 Å². The molecule has 0 saturated heterocycles. The Balaban J connectivity index is 1.99. The van der Waals surface area contributed by atoms with E-state index in [0.717, 1.165) is 0 Å². The Morgan fingerprint density at radius 3 is 2.12 bits per heavy atom. The van der Waals surface area contributed by atoms with Gasteiger partial charge in [0, 0.05) is 11.3 Å². The zero-order valence-corrected chi connectivity index (χ0v) is 13.6. The lowest BCUT2D eigenvalue weighted by molar-refractivity contribution is -0.274. The van der Waals surface area contributed by atoms with E-state index in [9.17, 15) is 22.8 Å². The summed E-state index contributed by atoms with van der Waals surface area (Å²) < 4.78 is 40.2. The molecule has 2 aromatic carbocycles. The van der Waals surface area contributed by atoms with Crippen LogP contribution < -0.4 is 21.1 Å². The fourth-order valence-corrected chi connectivity index (χ4v) is 2.17. The van der Waals surface area contributed by atoms with Crippen LogP contribution in [0.5, 0.6) is 5.75 Å². The molecule has 0 aliphatic rings. The molecule has 0 aliphatic carbocycles. The highest BCUT2D eigenvalue weighted by Crippen LogP contribution is 2.24. The standard InChI is InChI=1S/C17H16F3N3O3/c1-10(11-4-8-14(9-5-11)26-17(18,19)20)22-15(24)12-2-6-13(7-3-12)23-16(21)25/h2-10H,1H3,(H,22,24)(H3,21,23,25)/t10-/m0/s1. The molecule has 4 N–H and O–H groups in total. The summed E-state index contributed by atoms with van der Waals surface area (Å²) in [5.41, 5.74) is 6.40. The third kappa shape index (κ3) is 5.69. The molecule has 9 heteroatoms. The lowest BCUT2D eigenvalue weighted by Crippen LogP contribution is -2.26. The minimum absolute atomic E-state index is 0.336. The summed E-state index contributed by atoms with van der Waals surface area (Å²) in [6.07, 6.45) is -4.75. The second-order valence-electron chi connectivity index (χ2n) is 5.38. The molecule has 0 spiro atoms. The Labute approximate surface area is 147 Å². The first-order valence-electron chi connectivity index (χ1n) is 7.47. The molecule has 0 fully saturated rings. The number of nitrogens with two attached hydrogens (primary N) is 1. The molecule has 138 valence electrons. The zero-order valence-electron chi connectivity index (χ0n) is 13.6. The monoisotopic (exact) mass is 367 g/mol. The normalized spacial score (nSPS) is 12.2. The molecule has 3 amide bonds. The first-order chi connectivity index (χ1) is 12.1. The van der Waals surface area contributed by atoms with E-state index in [1.165, 1.54) is 48.5 Å². The van der Waals surface area contributed by atoms with Crippen molar-refractivity contribution in [3.63, 3.8) is 0 Å². The van der Waals surface area contributed by atoms with Gasteiger partial charge in [-0.3, -0.25) is 4.79 Å². The Morgan fingerprint density at radius 1 is 1.04 bits per heavy atom. The number of ether oxygens (including phenoxy) is 1. The van der Waals surface area contributed by atoms with Gasteiger partial charge < -0.3 is 21.1 Å². The first kappa shape index (κ1) is 19.1. The number of urea groups is 1. The van der Waals surface area contributed by atoms with Crippen LogP contribution in [0.4, 0.5) is 23.7 Å². The van der Waals surface area contributed by atoms with Gasteiger partial charge in [0.2, 0.25) is 0 Å². The van der Waals surface area contributed by atoms with E-state index in [2.05, 4.69) is 15.4 Å². The number of rotatable bonds is 5. The van der Waals surface area contributed by atoms with E-state index < -0.39 is 18.4 Å². The summed E-state index contributed by atoms with van der Waals surface area (Å²) in [5, 5.41) is 5.10. The van der Waals surface area contributed by atoms with Crippen LogP contribution in [0.25, 0.3) is 0 Å². The number of alkyl halides is 3. The smallest absolute Gasteiger partial charge is 0.406 e. The summed E-state index contributed by atoms with van der Waals surface area (Å²) in [6.45, 7) is 1.69. The van der Waals surface area contributed by atoms with Crippen molar-refractivity contribution in [2.45, 2.75) is 19.3 Å². The van der Waals surface area contributed by atoms with Crippen LogP contribution in [0.3, 0.4) is 0 Å². The highest BCUT2D eigenvalue weighted by Gasteiger charge is 2.31. The number of primary amides is 1. The maximum absolute atomic E-state index is 12.2. The number of carbonyl (C=O) groups excluding carboxylic acids is 2. The maximum Gasteiger partial charge on any atom is 0.573 e. The van der Waals surface area contributed by atoms with Crippen LogP contribution >= 0.6 is 0 Å². The molecule has 2 aromatic rings. The summed E-state index contributed by atoms with van der Waals surface area (Å²) in [6, 6.07) is 10.1. The van der Waals surface area contributed by atoms with Gasteiger partial charge in [-0.15, -0.1) is 13.2 Å². The van der Waals surface area contributed by atoms with Crippen LogP contribution in [-0.2, 0) is 0 Å². The largest absolute Gasteiger partial charge is 0.573 e. The van der Waals surface area contributed by atoms with Gasteiger partial charge in [-0.25, -0.2) is 4.79 Å². The Kier molecular flexibility index (Phi) is 5.71. The summed E-state index contributed by atoms with van der Waals surface area (Å²) >= 11 is 0. The van der Waals surface area contributed by atoms with Gasteiger partial charge in [0.05, 0.1) is 6.04 Å². The van der Waals surface area contributed by atoms with Gasteiger partial charge >= 0.3 is 12.4 Å². The van der Waals surface area contributed by atoms with Gasteiger partial charge in [0.25, 0.3) is 5.91 Å². The quantitative estimate of drug-likeness (QED) is 0.754. The molecule has 26 heavy (non-hydrogen) atoms. The average Bonchev–Trinajstić information content (AvgIpc) is 2.54. The van der Waals surface area contributed by atoms with Gasteiger partial charge in [0.1, 0.15) is 5.75 Å². The minimum Gasteiger partial charge on any atom is -0.406 e.